The summed E-state index contributed by atoms with van der Waals surface area (Å²) in [6, 6.07) is 0.779. The molecule has 0 aliphatic carbocycles. The molecule has 1 aromatic rings. The van der Waals surface area contributed by atoms with Crippen molar-refractivity contribution in [3.63, 3.8) is 0 Å². The van der Waals surface area contributed by atoms with E-state index in [2.05, 4.69) is 0 Å². The van der Waals surface area contributed by atoms with E-state index < -0.39 is 38.2 Å². The topological polar surface area (TPSA) is 97.5 Å². The van der Waals surface area contributed by atoms with Crippen LogP contribution < -0.4 is 5.14 Å². The van der Waals surface area contributed by atoms with Gasteiger partial charge in [-0.25, -0.2) is 18.4 Å². The maximum Gasteiger partial charge on any atom is 0.416 e. The maximum absolute atomic E-state index is 12.5. The van der Waals surface area contributed by atoms with E-state index in [1.165, 1.54) is 0 Å². The molecule has 0 saturated heterocycles. The van der Waals surface area contributed by atoms with Gasteiger partial charge in [0.15, 0.2) is 0 Å². The van der Waals surface area contributed by atoms with Gasteiger partial charge < -0.3 is 5.11 Å². The highest BCUT2D eigenvalue weighted by atomic mass is 32.2. The lowest BCUT2D eigenvalue weighted by Crippen LogP contribution is -2.20. The number of hydrogen-bond acceptors (Lipinski definition) is 3. The van der Waals surface area contributed by atoms with Crippen LogP contribution in [-0.4, -0.2) is 19.5 Å². The third-order valence-corrected chi connectivity index (χ3v) is 3.23. The molecule has 0 amide bonds. The molecule has 18 heavy (non-hydrogen) atoms. The predicted molar refractivity (Wildman–Crippen MR) is 54.5 cm³/mol. The normalized spacial score (nSPS) is 12.5. The molecule has 5 nitrogen and oxygen atoms in total. The van der Waals surface area contributed by atoms with Gasteiger partial charge in [0.05, 0.1) is 16.0 Å². The Bertz CT molecular complexity index is 607. The minimum atomic E-state index is -4.77. The summed E-state index contributed by atoms with van der Waals surface area (Å²) < 4.78 is 59.7. The number of carboxylic acids is 1. The van der Waals surface area contributed by atoms with Crippen molar-refractivity contribution in [3.05, 3.63) is 28.8 Å². The van der Waals surface area contributed by atoms with E-state index in [9.17, 15) is 26.4 Å². The summed E-state index contributed by atoms with van der Waals surface area (Å²) in [5.74, 6) is -1.80. The van der Waals surface area contributed by atoms with E-state index in [4.69, 9.17) is 10.2 Å². The summed E-state index contributed by atoms with van der Waals surface area (Å²) in [6.07, 6.45) is -4.77. The van der Waals surface area contributed by atoms with Crippen LogP contribution in [0.4, 0.5) is 13.2 Å². The molecule has 3 N–H and O–H groups in total. The van der Waals surface area contributed by atoms with Crippen molar-refractivity contribution in [2.24, 2.45) is 5.14 Å². The molecule has 9 heteroatoms. The highest BCUT2D eigenvalue weighted by Crippen LogP contribution is 2.33. The second kappa shape index (κ2) is 4.25. The molecule has 0 aliphatic rings. The highest BCUT2D eigenvalue weighted by molar-refractivity contribution is 7.89. The van der Waals surface area contributed by atoms with Crippen LogP contribution in [0.5, 0.6) is 0 Å². The van der Waals surface area contributed by atoms with Crippen molar-refractivity contribution in [1.29, 1.82) is 0 Å². The number of aryl methyl sites for hydroxylation is 1. The minimum absolute atomic E-state index is 0.245. The molecule has 1 rings (SSSR count). The fourth-order valence-electron chi connectivity index (χ4n) is 1.47. The summed E-state index contributed by atoms with van der Waals surface area (Å²) in [5.41, 5.74) is -2.61. The van der Waals surface area contributed by atoms with Crippen molar-refractivity contribution < 1.29 is 31.5 Å². The summed E-state index contributed by atoms with van der Waals surface area (Å²) in [7, 11) is -4.42. The summed E-state index contributed by atoms with van der Waals surface area (Å²) in [4.78, 5) is 10.00. The van der Waals surface area contributed by atoms with Crippen LogP contribution in [0.2, 0.25) is 0 Å². The van der Waals surface area contributed by atoms with Gasteiger partial charge in [0.25, 0.3) is 0 Å². The van der Waals surface area contributed by atoms with Crippen LogP contribution in [0.25, 0.3) is 0 Å². The Labute approximate surface area is 100 Å². The zero-order valence-corrected chi connectivity index (χ0v) is 9.76. The van der Waals surface area contributed by atoms with E-state index in [1.54, 1.807) is 0 Å². The molecule has 0 atom stereocenters. The number of primary sulfonamides is 1. The van der Waals surface area contributed by atoms with E-state index in [-0.39, 0.29) is 11.6 Å². The quantitative estimate of drug-likeness (QED) is 0.856. The lowest BCUT2D eigenvalue weighted by atomic mass is 10.1. The van der Waals surface area contributed by atoms with Gasteiger partial charge in [0, 0.05) is 0 Å². The number of carboxylic acid groups (broad SMARTS) is 1. The van der Waals surface area contributed by atoms with E-state index >= 15 is 0 Å². The minimum Gasteiger partial charge on any atom is -0.478 e. The van der Waals surface area contributed by atoms with E-state index in [0.717, 1.165) is 6.92 Å². The molecule has 0 aromatic heterocycles. The third-order valence-electron chi connectivity index (χ3n) is 2.12. The first-order chi connectivity index (χ1) is 7.94. The van der Waals surface area contributed by atoms with Crippen LogP contribution in [0.1, 0.15) is 21.5 Å². The Morgan fingerprint density at radius 1 is 1.33 bits per heavy atom. The SMILES string of the molecule is Cc1cc(C(F)(F)F)cc(C(=O)O)c1S(N)(=O)=O. The first-order valence-corrected chi connectivity index (χ1v) is 5.97. The average molecular weight is 283 g/mol. The number of sulfonamides is 1. The van der Waals surface area contributed by atoms with Gasteiger partial charge in [-0.1, -0.05) is 0 Å². The molecule has 0 spiro atoms. The van der Waals surface area contributed by atoms with Crippen molar-refractivity contribution in [2.45, 2.75) is 18.0 Å². The predicted octanol–water partition coefficient (Wildman–Crippen LogP) is 1.36. The van der Waals surface area contributed by atoms with Crippen LogP contribution >= 0.6 is 0 Å². The van der Waals surface area contributed by atoms with Crippen LogP contribution in [0, 0.1) is 6.92 Å². The standard InChI is InChI=1S/C9H8F3NO4S/c1-4-2-5(9(10,11)12)3-6(8(14)15)7(4)18(13,16)17/h2-3H,1H3,(H,14,15)(H2,13,16,17). The molecule has 0 aliphatic heterocycles. The first kappa shape index (κ1) is 14.5. The van der Waals surface area contributed by atoms with Crippen LogP contribution in [-0.2, 0) is 16.2 Å². The van der Waals surface area contributed by atoms with Gasteiger partial charge in [-0.15, -0.1) is 0 Å². The molecule has 0 fully saturated rings. The highest BCUT2D eigenvalue weighted by Gasteiger charge is 2.34. The smallest absolute Gasteiger partial charge is 0.416 e. The molecule has 0 bridgehead atoms. The van der Waals surface area contributed by atoms with Gasteiger partial charge in [-0.3, -0.25) is 0 Å². The number of aromatic carboxylic acids is 1. The lowest BCUT2D eigenvalue weighted by Gasteiger charge is -2.12. The van der Waals surface area contributed by atoms with Gasteiger partial charge in [0.2, 0.25) is 10.0 Å². The van der Waals surface area contributed by atoms with E-state index in [1.807, 2.05) is 0 Å². The zero-order chi connectivity index (χ0) is 14.3. The fraction of sp³-hybridized carbons (Fsp3) is 0.222. The molecule has 100 valence electrons. The van der Waals surface area contributed by atoms with Crippen molar-refractivity contribution >= 4 is 16.0 Å². The molecule has 1 aromatic carbocycles. The Hall–Kier alpha value is -1.61. The molecule has 0 radical (unpaired) electrons. The van der Waals surface area contributed by atoms with Crippen molar-refractivity contribution in [1.82, 2.24) is 0 Å². The Morgan fingerprint density at radius 2 is 1.83 bits per heavy atom. The lowest BCUT2D eigenvalue weighted by molar-refractivity contribution is -0.137. The molecule has 0 unspecified atom stereocenters. The Morgan fingerprint density at radius 3 is 2.17 bits per heavy atom. The number of alkyl halides is 3. The molecule has 0 heterocycles. The zero-order valence-electron chi connectivity index (χ0n) is 8.95. The molecular weight excluding hydrogens is 275 g/mol. The summed E-state index contributed by atoms with van der Waals surface area (Å²) >= 11 is 0. The Kier molecular flexibility index (Phi) is 3.41. The van der Waals surface area contributed by atoms with Gasteiger partial charge in [-0.05, 0) is 24.6 Å². The van der Waals surface area contributed by atoms with Crippen LogP contribution in [0.3, 0.4) is 0 Å². The van der Waals surface area contributed by atoms with Crippen LogP contribution in [0.15, 0.2) is 17.0 Å². The summed E-state index contributed by atoms with van der Waals surface area (Å²) in [5, 5.41) is 13.5. The van der Waals surface area contributed by atoms with Gasteiger partial charge >= 0.3 is 12.1 Å². The number of hydrogen-bond donors (Lipinski definition) is 2. The number of nitrogens with two attached hydrogens (primary N) is 1. The molecule has 0 saturated carbocycles. The third kappa shape index (κ3) is 2.79. The van der Waals surface area contributed by atoms with Gasteiger partial charge in [0.1, 0.15) is 0 Å². The number of rotatable bonds is 2. The molecular formula is C9H8F3NO4S. The fourth-order valence-corrected chi connectivity index (χ4v) is 2.43. The van der Waals surface area contributed by atoms with Crippen molar-refractivity contribution in [3.8, 4) is 0 Å². The monoisotopic (exact) mass is 283 g/mol. The number of carbonyl (C=O) groups is 1. The first-order valence-electron chi connectivity index (χ1n) is 4.42. The van der Waals surface area contributed by atoms with E-state index in [0.29, 0.717) is 6.07 Å². The average Bonchev–Trinajstić information content (AvgIpc) is 2.12. The summed E-state index contributed by atoms with van der Waals surface area (Å²) in [6.45, 7) is 1.04. The number of halogens is 3. The van der Waals surface area contributed by atoms with Crippen molar-refractivity contribution in [2.75, 3.05) is 0 Å². The Balaban J connectivity index is 3.73. The second-order valence-electron chi connectivity index (χ2n) is 3.52. The second-order valence-corrected chi connectivity index (χ2v) is 5.02. The largest absolute Gasteiger partial charge is 0.478 e. The maximum atomic E-state index is 12.5. The van der Waals surface area contributed by atoms with Gasteiger partial charge in [-0.2, -0.15) is 13.2 Å². The number of benzene rings is 1.